The molecule has 0 atom stereocenters. The number of benzene rings is 1. The maximum atomic E-state index is 12.7. The third-order valence-electron chi connectivity index (χ3n) is 5.71. The Kier molecular flexibility index (Phi) is 7.37. The average molecular weight is 478 g/mol. The molecule has 3 heterocycles. The smallest absolute Gasteiger partial charge is 0.306 e. The first-order valence-electron chi connectivity index (χ1n) is 11.2. The van der Waals surface area contributed by atoms with E-state index in [0.717, 1.165) is 35.5 Å². The first kappa shape index (κ1) is 23.6. The fourth-order valence-corrected chi connectivity index (χ4v) is 4.47. The molecule has 0 saturated heterocycles. The zero-order valence-corrected chi connectivity index (χ0v) is 20.4. The molecule has 34 heavy (non-hydrogen) atoms. The van der Waals surface area contributed by atoms with Crippen molar-refractivity contribution in [1.29, 1.82) is 0 Å². The van der Waals surface area contributed by atoms with E-state index in [1.165, 1.54) is 4.88 Å². The molecule has 0 amide bonds. The topological polar surface area (TPSA) is 87.2 Å². The standard InChI is InChI=1S/C26H27N3O4S/c1-17-6-8-20(9-7-17)26-28-27-24(33-26)10-11-25(31)32-16-23(30)22-15-18(2)29(19(22)3)13-12-21-5-4-14-34-21/h4-9,14-15H,10-13,16H2,1-3H3. The minimum absolute atomic E-state index is 0.0582. The molecule has 8 heteroatoms. The van der Waals surface area contributed by atoms with Crippen LogP contribution in [-0.4, -0.2) is 33.1 Å². The summed E-state index contributed by atoms with van der Waals surface area (Å²) < 4.78 is 13.0. The van der Waals surface area contributed by atoms with Crippen molar-refractivity contribution in [3.8, 4) is 11.5 Å². The van der Waals surface area contributed by atoms with Gasteiger partial charge in [0.05, 0.1) is 6.42 Å². The van der Waals surface area contributed by atoms with Crippen molar-refractivity contribution >= 4 is 23.1 Å². The zero-order valence-electron chi connectivity index (χ0n) is 19.5. The Morgan fingerprint density at radius 1 is 1.06 bits per heavy atom. The molecule has 0 radical (unpaired) electrons. The number of hydrogen-bond acceptors (Lipinski definition) is 7. The van der Waals surface area contributed by atoms with E-state index in [0.29, 0.717) is 17.3 Å². The Morgan fingerprint density at radius 2 is 1.85 bits per heavy atom. The Morgan fingerprint density at radius 3 is 2.59 bits per heavy atom. The molecule has 0 aliphatic heterocycles. The van der Waals surface area contributed by atoms with Crippen LogP contribution in [0.3, 0.4) is 0 Å². The van der Waals surface area contributed by atoms with Crippen LogP contribution in [0.15, 0.2) is 52.3 Å². The molecule has 0 unspecified atom stereocenters. The van der Waals surface area contributed by atoms with Gasteiger partial charge < -0.3 is 13.7 Å². The first-order valence-corrected chi connectivity index (χ1v) is 12.1. The lowest BCUT2D eigenvalue weighted by molar-refractivity contribution is -0.142. The van der Waals surface area contributed by atoms with Crippen LogP contribution in [0.2, 0.25) is 0 Å². The Balaban J connectivity index is 1.27. The first-order chi connectivity index (χ1) is 16.4. The van der Waals surface area contributed by atoms with Gasteiger partial charge in [0.1, 0.15) is 0 Å². The zero-order chi connectivity index (χ0) is 24.1. The van der Waals surface area contributed by atoms with Crippen LogP contribution in [0, 0.1) is 20.8 Å². The largest absolute Gasteiger partial charge is 0.457 e. The molecule has 0 aliphatic rings. The van der Waals surface area contributed by atoms with Gasteiger partial charge in [0, 0.05) is 40.4 Å². The van der Waals surface area contributed by atoms with Crippen molar-refractivity contribution in [2.75, 3.05) is 6.61 Å². The molecular weight excluding hydrogens is 450 g/mol. The maximum Gasteiger partial charge on any atom is 0.306 e. The van der Waals surface area contributed by atoms with E-state index in [2.05, 4.69) is 26.2 Å². The van der Waals surface area contributed by atoms with Crippen LogP contribution in [0.25, 0.3) is 11.5 Å². The maximum absolute atomic E-state index is 12.7. The summed E-state index contributed by atoms with van der Waals surface area (Å²) in [5, 5.41) is 10.1. The summed E-state index contributed by atoms with van der Waals surface area (Å²) in [5.41, 5.74) is 4.47. The number of ketones is 1. The number of esters is 1. The van der Waals surface area contributed by atoms with Gasteiger partial charge in [-0.05, 0) is 56.8 Å². The molecule has 0 fully saturated rings. The van der Waals surface area contributed by atoms with Crippen molar-refractivity contribution in [2.45, 2.75) is 46.6 Å². The van der Waals surface area contributed by atoms with Crippen LogP contribution in [-0.2, 0) is 28.9 Å². The van der Waals surface area contributed by atoms with Crippen LogP contribution in [0.1, 0.15) is 44.5 Å². The molecule has 0 aliphatic carbocycles. The van der Waals surface area contributed by atoms with Gasteiger partial charge in [0.2, 0.25) is 17.6 Å². The molecule has 4 rings (SSSR count). The van der Waals surface area contributed by atoms with Crippen molar-refractivity contribution in [3.05, 3.63) is 81.1 Å². The number of nitrogens with zero attached hydrogens (tertiary/aromatic N) is 3. The van der Waals surface area contributed by atoms with Gasteiger partial charge in [-0.15, -0.1) is 21.5 Å². The molecule has 4 aromatic rings. The molecular formula is C26H27N3O4S. The average Bonchev–Trinajstić information content (AvgIpc) is 3.57. The minimum atomic E-state index is -0.477. The molecule has 0 saturated carbocycles. The fraction of sp³-hybridized carbons (Fsp3) is 0.308. The number of ether oxygens (including phenoxy) is 1. The molecule has 3 aromatic heterocycles. The number of aryl methyl sites for hydroxylation is 4. The molecule has 1 aromatic carbocycles. The number of Topliss-reactive ketones (excluding diaryl/α,β-unsaturated/α-hetero) is 1. The van der Waals surface area contributed by atoms with Gasteiger partial charge in [0.15, 0.2) is 6.61 Å². The number of hydrogen-bond donors (Lipinski definition) is 0. The second-order valence-corrected chi connectivity index (χ2v) is 9.25. The SMILES string of the molecule is Cc1ccc(-c2nnc(CCC(=O)OCC(=O)c3cc(C)n(CCc4cccs4)c3C)o2)cc1. The molecule has 7 nitrogen and oxygen atoms in total. The summed E-state index contributed by atoms with van der Waals surface area (Å²) in [5.74, 6) is 0.0827. The van der Waals surface area contributed by atoms with Gasteiger partial charge in [-0.25, -0.2) is 0 Å². The monoisotopic (exact) mass is 477 g/mol. The van der Waals surface area contributed by atoms with Gasteiger partial charge in [0.25, 0.3) is 0 Å². The lowest BCUT2D eigenvalue weighted by Crippen LogP contribution is -2.15. The van der Waals surface area contributed by atoms with E-state index in [4.69, 9.17) is 9.15 Å². The Labute approximate surface area is 202 Å². The van der Waals surface area contributed by atoms with E-state index in [1.807, 2.05) is 57.2 Å². The number of thiophene rings is 1. The van der Waals surface area contributed by atoms with Crippen molar-refractivity contribution in [1.82, 2.24) is 14.8 Å². The van der Waals surface area contributed by atoms with Crippen LogP contribution in [0.4, 0.5) is 0 Å². The van der Waals surface area contributed by atoms with Gasteiger partial charge in [-0.2, -0.15) is 0 Å². The highest BCUT2D eigenvalue weighted by Gasteiger charge is 2.18. The summed E-state index contributed by atoms with van der Waals surface area (Å²) in [6.45, 7) is 6.44. The van der Waals surface area contributed by atoms with E-state index in [9.17, 15) is 9.59 Å². The Hall–Kier alpha value is -3.52. The fourth-order valence-electron chi connectivity index (χ4n) is 3.78. The van der Waals surface area contributed by atoms with Crippen molar-refractivity contribution in [3.63, 3.8) is 0 Å². The highest BCUT2D eigenvalue weighted by molar-refractivity contribution is 7.09. The summed E-state index contributed by atoms with van der Waals surface area (Å²) in [4.78, 5) is 26.2. The predicted octanol–water partition coefficient (Wildman–Crippen LogP) is 5.13. The van der Waals surface area contributed by atoms with Crippen LogP contribution >= 0.6 is 11.3 Å². The van der Waals surface area contributed by atoms with Crippen molar-refractivity contribution in [2.24, 2.45) is 0 Å². The third kappa shape index (κ3) is 5.69. The number of rotatable bonds is 10. The molecule has 0 spiro atoms. The lowest BCUT2D eigenvalue weighted by atomic mass is 10.1. The summed E-state index contributed by atoms with van der Waals surface area (Å²) in [6, 6.07) is 13.8. The second kappa shape index (κ2) is 10.6. The quantitative estimate of drug-likeness (QED) is 0.233. The summed E-state index contributed by atoms with van der Waals surface area (Å²) in [6.07, 6.45) is 1.23. The van der Waals surface area contributed by atoms with Crippen LogP contribution in [0.5, 0.6) is 0 Å². The molecule has 176 valence electrons. The number of aromatic nitrogens is 3. The van der Waals surface area contributed by atoms with E-state index >= 15 is 0 Å². The van der Waals surface area contributed by atoms with Gasteiger partial charge in [-0.1, -0.05) is 23.8 Å². The summed E-state index contributed by atoms with van der Waals surface area (Å²) >= 11 is 1.73. The highest BCUT2D eigenvalue weighted by atomic mass is 32.1. The summed E-state index contributed by atoms with van der Waals surface area (Å²) in [7, 11) is 0. The van der Waals surface area contributed by atoms with Crippen LogP contribution < -0.4 is 0 Å². The van der Waals surface area contributed by atoms with E-state index < -0.39 is 5.97 Å². The normalized spacial score (nSPS) is 11.0. The van der Waals surface area contributed by atoms with Crippen molar-refractivity contribution < 1.29 is 18.7 Å². The van der Waals surface area contributed by atoms with E-state index in [1.54, 1.807) is 11.3 Å². The van der Waals surface area contributed by atoms with Gasteiger partial charge >= 0.3 is 5.97 Å². The minimum Gasteiger partial charge on any atom is -0.457 e. The second-order valence-electron chi connectivity index (χ2n) is 8.22. The number of carbonyl (C=O) groups excluding carboxylic acids is 2. The molecule has 0 bridgehead atoms. The third-order valence-corrected chi connectivity index (χ3v) is 6.64. The van der Waals surface area contributed by atoms with Gasteiger partial charge in [-0.3, -0.25) is 9.59 Å². The predicted molar refractivity (Wildman–Crippen MR) is 130 cm³/mol. The molecule has 0 N–H and O–H groups in total. The van der Waals surface area contributed by atoms with E-state index in [-0.39, 0.29) is 25.2 Å². The lowest BCUT2D eigenvalue weighted by Gasteiger charge is -2.09. The number of carbonyl (C=O) groups is 2. The Bertz CT molecular complexity index is 1270. The highest BCUT2D eigenvalue weighted by Crippen LogP contribution is 2.20.